The molecule has 2 rings (SSSR count). The zero-order valence-electron chi connectivity index (χ0n) is 10.1. The molecule has 0 spiro atoms. The molecule has 1 fully saturated rings. The molecule has 3 nitrogen and oxygen atoms in total. The maximum absolute atomic E-state index is 5.86. The molecule has 90 valence electrons. The highest BCUT2D eigenvalue weighted by molar-refractivity contribution is 6.16. The Balaban J connectivity index is 2.16. The summed E-state index contributed by atoms with van der Waals surface area (Å²) in [5, 5.41) is 8.52. The molecule has 0 radical (unpaired) electrons. The molecule has 1 heterocycles. The van der Waals surface area contributed by atoms with Crippen LogP contribution in [0.25, 0.3) is 0 Å². The minimum Gasteiger partial charge on any atom is -0.314 e. The van der Waals surface area contributed by atoms with Gasteiger partial charge in [0.05, 0.1) is 5.88 Å². The van der Waals surface area contributed by atoms with Gasteiger partial charge in [0.1, 0.15) is 11.6 Å². The van der Waals surface area contributed by atoms with Crippen LogP contribution in [0.15, 0.2) is 0 Å². The van der Waals surface area contributed by atoms with Crippen molar-refractivity contribution in [1.82, 2.24) is 14.8 Å². The van der Waals surface area contributed by atoms with E-state index in [1.54, 1.807) is 0 Å². The Morgan fingerprint density at radius 1 is 1.25 bits per heavy atom. The van der Waals surface area contributed by atoms with Crippen LogP contribution >= 0.6 is 11.6 Å². The molecule has 1 aliphatic carbocycles. The van der Waals surface area contributed by atoms with Crippen molar-refractivity contribution in [3.8, 4) is 0 Å². The van der Waals surface area contributed by atoms with Crippen molar-refractivity contribution in [1.29, 1.82) is 0 Å². The fraction of sp³-hybridized carbons (Fsp3) is 0.833. The van der Waals surface area contributed by atoms with Crippen LogP contribution in [0.1, 0.15) is 57.1 Å². The highest BCUT2D eigenvalue weighted by Crippen LogP contribution is 2.34. The minimum atomic E-state index is 0.462. The van der Waals surface area contributed by atoms with Crippen LogP contribution < -0.4 is 0 Å². The largest absolute Gasteiger partial charge is 0.314 e. The Morgan fingerprint density at radius 3 is 2.50 bits per heavy atom. The average Bonchev–Trinajstić information content (AvgIpc) is 2.72. The van der Waals surface area contributed by atoms with Crippen LogP contribution in [0.2, 0.25) is 0 Å². The lowest BCUT2D eigenvalue weighted by molar-refractivity contribution is 0.333. The van der Waals surface area contributed by atoms with E-state index in [1.165, 1.54) is 25.7 Å². The maximum atomic E-state index is 5.86. The third kappa shape index (κ3) is 2.24. The normalized spacial score (nSPS) is 25.9. The highest BCUT2D eigenvalue weighted by Gasteiger charge is 2.24. The molecule has 16 heavy (non-hydrogen) atoms. The Bertz CT molecular complexity index is 340. The van der Waals surface area contributed by atoms with E-state index in [1.807, 2.05) is 0 Å². The van der Waals surface area contributed by atoms with Gasteiger partial charge >= 0.3 is 0 Å². The third-order valence-electron chi connectivity index (χ3n) is 3.67. The standard InChI is InChI=1S/C12H20ClN3/c1-3-16-11(8-13)14-15-12(16)10-6-4-9(2)5-7-10/h9-10H,3-8H2,1-2H3. The molecule has 0 bridgehead atoms. The third-order valence-corrected chi connectivity index (χ3v) is 3.91. The molecule has 1 aromatic heterocycles. The summed E-state index contributed by atoms with van der Waals surface area (Å²) in [4.78, 5) is 0. The van der Waals surface area contributed by atoms with Crippen molar-refractivity contribution in [3.05, 3.63) is 11.6 Å². The fourth-order valence-corrected chi connectivity index (χ4v) is 2.81. The summed E-state index contributed by atoms with van der Waals surface area (Å²) in [7, 11) is 0. The van der Waals surface area contributed by atoms with Gasteiger partial charge in [-0.05, 0) is 25.7 Å². The monoisotopic (exact) mass is 241 g/mol. The second-order valence-corrected chi connectivity index (χ2v) is 5.08. The maximum Gasteiger partial charge on any atom is 0.147 e. The zero-order valence-corrected chi connectivity index (χ0v) is 10.9. The van der Waals surface area contributed by atoms with Crippen LogP contribution in [0.5, 0.6) is 0 Å². The molecule has 0 amide bonds. The number of rotatable bonds is 3. The topological polar surface area (TPSA) is 30.7 Å². The molecule has 0 atom stereocenters. The van der Waals surface area contributed by atoms with Gasteiger partial charge in [0.25, 0.3) is 0 Å². The Hall–Kier alpha value is -0.570. The summed E-state index contributed by atoms with van der Waals surface area (Å²) in [5.41, 5.74) is 0. The van der Waals surface area contributed by atoms with Crippen LogP contribution in [-0.2, 0) is 12.4 Å². The van der Waals surface area contributed by atoms with Gasteiger partial charge in [-0.3, -0.25) is 0 Å². The Labute approximate surface area is 102 Å². The molecule has 0 saturated heterocycles. The first-order valence-electron chi connectivity index (χ1n) is 6.24. The summed E-state index contributed by atoms with van der Waals surface area (Å²) in [6.07, 6.45) is 5.14. The van der Waals surface area contributed by atoms with E-state index in [0.717, 1.165) is 24.1 Å². The van der Waals surface area contributed by atoms with Crippen molar-refractivity contribution >= 4 is 11.6 Å². The van der Waals surface area contributed by atoms with Gasteiger partial charge in [0, 0.05) is 12.5 Å². The first-order valence-corrected chi connectivity index (χ1v) is 6.77. The van der Waals surface area contributed by atoms with Gasteiger partial charge in [0.15, 0.2) is 0 Å². The molecule has 0 unspecified atom stereocenters. The van der Waals surface area contributed by atoms with Gasteiger partial charge in [-0.1, -0.05) is 19.8 Å². The second kappa shape index (κ2) is 5.17. The van der Waals surface area contributed by atoms with Crippen molar-refractivity contribution in [3.63, 3.8) is 0 Å². The smallest absolute Gasteiger partial charge is 0.147 e. The van der Waals surface area contributed by atoms with Gasteiger partial charge in [-0.2, -0.15) is 0 Å². The molecular weight excluding hydrogens is 222 g/mol. The second-order valence-electron chi connectivity index (χ2n) is 4.81. The molecule has 0 N–H and O–H groups in total. The predicted octanol–water partition coefficient (Wildman–Crippen LogP) is 3.33. The summed E-state index contributed by atoms with van der Waals surface area (Å²) < 4.78 is 2.19. The summed E-state index contributed by atoms with van der Waals surface area (Å²) in [6.45, 7) is 5.40. The first kappa shape index (κ1) is 11.9. The fourth-order valence-electron chi connectivity index (χ4n) is 2.61. The van der Waals surface area contributed by atoms with Crippen molar-refractivity contribution in [2.24, 2.45) is 5.92 Å². The van der Waals surface area contributed by atoms with Crippen molar-refractivity contribution < 1.29 is 0 Å². The molecule has 0 aliphatic heterocycles. The molecule has 1 aromatic rings. The number of halogens is 1. The van der Waals surface area contributed by atoms with Crippen molar-refractivity contribution in [2.75, 3.05) is 0 Å². The van der Waals surface area contributed by atoms with Crippen LogP contribution in [0, 0.1) is 5.92 Å². The van der Waals surface area contributed by atoms with Crippen LogP contribution in [0.4, 0.5) is 0 Å². The van der Waals surface area contributed by atoms with E-state index in [0.29, 0.717) is 11.8 Å². The van der Waals surface area contributed by atoms with Crippen LogP contribution in [0.3, 0.4) is 0 Å². The summed E-state index contributed by atoms with van der Waals surface area (Å²) >= 11 is 5.86. The van der Waals surface area contributed by atoms with E-state index in [2.05, 4.69) is 28.6 Å². The Kier molecular flexibility index (Phi) is 3.85. The van der Waals surface area contributed by atoms with Gasteiger partial charge in [-0.15, -0.1) is 21.8 Å². The van der Waals surface area contributed by atoms with E-state index >= 15 is 0 Å². The lowest BCUT2D eigenvalue weighted by atomic mass is 9.82. The molecule has 1 saturated carbocycles. The number of nitrogens with zero attached hydrogens (tertiary/aromatic N) is 3. The predicted molar refractivity (Wildman–Crippen MR) is 65.6 cm³/mol. The number of alkyl halides is 1. The number of hydrogen-bond donors (Lipinski definition) is 0. The number of hydrogen-bond acceptors (Lipinski definition) is 2. The summed E-state index contributed by atoms with van der Waals surface area (Å²) in [5.74, 6) is 4.01. The van der Waals surface area contributed by atoms with E-state index in [4.69, 9.17) is 11.6 Å². The van der Waals surface area contributed by atoms with E-state index in [9.17, 15) is 0 Å². The Morgan fingerprint density at radius 2 is 1.94 bits per heavy atom. The minimum absolute atomic E-state index is 0.462. The van der Waals surface area contributed by atoms with E-state index < -0.39 is 0 Å². The quantitative estimate of drug-likeness (QED) is 0.760. The lowest BCUT2D eigenvalue weighted by Gasteiger charge is -2.25. The summed E-state index contributed by atoms with van der Waals surface area (Å²) in [6, 6.07) is 0. The van der Waals surface area contributed by atoms with E-state index in [-0.39, 0.29) is 0 Å². The first-order chi connectivity index (χ1) is 7.76. The van der Waals surface area contributed by atoms with Gasteiger partial charge < -0.3 is 4.57 Å². The van der Waals surface area contributed by atoms with Gasteiger partial charge in [0.2, 0.25) is 0 Å². The van der Waals surface area contributed by atoms with Crippen molar-refractivity contribution in [2.45, 2.75) is 57.9 Å². The molecule has 0 aromatic carbocycles. The molecule has 4 heteroatoms. The zero-order chi connectivity index (χ0) is 11.5. The lowest BCUT2D eigenvalue weighted by Crippen LogP contribution is -2.16. The van der Waals surface area contributed by atoms with Crippen LogP contribution in [-0.4, -0.2) is 14.8 Å². The number of aromatic nitrogens is 3. The van der Waals surface area contributed by atoms with Gasteiger partial charge in [-0.25, -0.2) is 0 Å². The average molecular weight is 242 g/mol. The SMILES string of the molecule is CCn1c(CCl)nnc1C1CCC(C)CC1. The molecular formula is C12H20ClN3. The molecule has 1 aliphatic rings. The highest BCUT2D eigenvalue weighted by atomic mass is 35.5.